The molecule has 0 fully saturated rings. The second-order valence-corrected chi connectivity index (χ2v) is 5.54. The van der Waals surface area contributed by atoms with Crippen LogP contribution in [-0.2, 0) is 9.59 Å². The van der Waals surface area contributed by atoms with Gasteiger partial charge in [0.15, 0.2) is 0 Å². The Morgan fingerprint density at radius 1 is 1.16 bits per heavy atom. The SMILES string of the molecule is NC(=O)c1cccc(NC(=O)CN2C(=O)CCOc3ccccc32)c1. The number of para-hydroxylation sites is 2. The van der Waals surface area contributed by atoms with E-state index in [9.17, 15) is 14.4 Å². The van der Waals surface area contributed by atoms with Crippen molar-refractivity contribution in [1.82, 2.24) is 0 Å². The number of amides is 3. The molecule has 1 heterocycles. The fourth-order valence-corrected chi connectivity index (χ4v) is 2.59. The maximum atomic E-state index is 12.4. The number of ether oxygens (including phenoxy) is 1. The zero-order chi connectivity index (χ0) is 17.8. The summed E-state index contributed by atoms with van der Waals surface area (Å²) in [5.41, 5.74) is 6.53. The largest absolute Gasteiger partial charge is 0.491 e. The highest BCUT2D eigenvalue weighted by atomic mass is 16.5. The van der Waals surface area contributed by atoms with Gasteiger partial charge < -0.3 is 15.8 Å². The minimum atomic E-state index is -0.579. The normalized spacial score (nSPS) is 13.4. The molecule has 1 aliphatic rings. The standard InChI is InChI=1S/C18H17N3O4/c19-18(24)12-4-3-5-13(10-12)20-16(22)11-21-14-6-1-2-7-15(14)25-9-8-17(21)23/h1-7,10H,8-9,11H2,(H2,19,24)(H,20,22). The molecule has 0 aromatic heterocycles. The van der Waals surface area contributed by atoms with E-state index >= 15 is 0 Å². The van der Waals surface area contributed by atoms with E-state index in [1.165, 1.54) is 11.0 Å². The molecule has 0 aliphatic carbocycles. The van der Waals surface area contributed by atoms with Gasteiger partial charge in [0, 0.05) is 11.3 Å². The lowest BCUT2D eigenvalue weighted by molar-refractivity contribution is -0.121. The number of nitrogens with one attached hydrogen (secondary N) is 1. The molecular weight excluding hydrogens is 322 g/mol. The molecule has 3 amide bonds. The smallest absolute Gasteiger partial charge is 0.248 e. The first-order valence-electron chi connectivity index (χ1n) is 7.76. The molecule has 0 bridgehead atoms. The number of carbonyl (C=O) groups is 3. The molecule has 0 atom stereocenters. The number of anilines is 2. The molecule has 7 heteroatoms. The summed E-state index contributed by atoms with van der Waals surface area (Å²) in [6.07, 6.45) is 0.194. The van der Waals surface area contributed by atoms with Crippen molar-refractivity contribution in [3.05, 3.63) is 54.1 Å². The van der Waals surface area contributed by atoms with Crippen LogP contribution in [0.5, 0.6) is 5.75 Å². The van der Waals surface area contributed by atoms with Crippen molar-refractivity contribution in [2.75, 3.05) is 23.4 Å². The predicted octanol–water partition coefficient (Wildman–Crippen LogP) is 1.54. The number of carbonyl (C=O) groups excluding carboxylic acids is 3. The van der Waals surface area contributed by atoms with Crippen LogP contribution < -0.4 is 20.7 Å². The second-order valence-electron chi connectivity index (χ2n) is 5.54. The minimum absolute atomic E-state index is 0.153. The molecule has 1 aliphatic heterocycles. The first-order valence-corrected chi connectivity index (χ1v) is 7.76. The summed E-state index contributed by atoms with van der Waals surface area (Å²) in [6, 6.07) is 13.4. The summed E-state index contributed by atoms with van der Waals surface area (Å²) in [7, 11) is 0. The Bertz CT molecular complexity index is 835. The van der Waals surface area contributed by atoms with Crippen molar-refractivity contribution in [2.45, 2.75) is 6.42 Å². The highest BCUT2D eigenvalue weighted by Gasteiger charge is 2.25. The number of nitrogens with zero attached hydrogens (tertiary/aromatic N) is 1. The van der Waals surface area contributed by atoms with Gasteiger partial charge in [-0.05, 0) is 30.3 Å². The fraction of sp³-hybridized carbons (Fsp3) is 0.167. The van der Waals surface area contributed by atoms with E-state index in [2.05, 4.69) is 5.32 Å². The molecule has 128 valence electrons. The summed E-state index contributed by atoms with van der Waals surface area (Å²) >= 11 is 0. The van der Waals surface area contributed by atoms with Gasteiger partial charge in [-0.3, -0.25) is 19.3 Å². The molecule has 7 nitrogen and oxygen atoms in total. The number of rotatable bonds is 4. The molecule has 2 aromatic carbocycles. The lowest BCUT2D eigenvalue weighted by Crippen LogP contribution is -2.37. The third kappa shape index (κ3) is 3.77. The van der Waals surface area contributed by atoms with Gasteiger partial charge in [-0.15, -0.1) is 0 Å². The van der Waals surface area contributed by atoms with Gasteiger partial charge in [0.1, 0.15) is 12.3 Å². The van der Waals surface area contributed by atoms with Crippen LogP contribution in [0.25, 0.3) is 0 Å². The van der Waals surface area contributed by atoms with E-state index in [1.54, 1.807) is 36.4 Å². The van der Waals surface area contributed by atoms with Gasteiger partial charge in [0.05, 0.1) is 18.7 Å². The van der Waals surface area contributed by atoms with Crippen LogP contribution in [0.2, 0.25) is 0 Å². The number of hydrogen-bond donors (Lipinski definition) is 2. The average molecular weight is 339 g/mol. The van der Waals surface area contributed by atoms with Crippen LogP contribution in [0.3, 0.4) is 0 Å². The number of benzene rings is 2. The van der Waals surface area contributed by atoms with Gasteiger partial charge in [-0.2, -0.15) is 0 Å². The molecule has 3 rings (SSSR count). The Labute approximate surface area is 144 Å². The van der Waals surface area contributed by atoms with E-state index < -0.39 is 5.91 Å². The Hall–Kier alpha value is -3.35. The molecule has 0 unspecified atom stereocenters. The van der Waals surface area contributed by atoms with Crippen molar-refractivity contribution >= 4 is 29.1 Å². The van der Waals surface area contributed by atoms with Crippen LogP contribution in [0, 0.1) is 0 Å². The summed E-state index contributed by atoms with van der Waals surface area (Å²) in [5.74, 6) is -0.584. The molecule has 3 N–H and O–H groups in total. The van der Waals surface area contributed by atoms with E-state index in [-0.39, 0.29) is 31.4 Å². The van der Waals surface area contributed by atoms with Crippen molar-refractivity contribution in [3.8, 4) is 5.75 Å². The summed E-state index contributed by atoms with van der Waals surface area (Å²) in [5, 5.41) is 2.67. The zero-order valence-corrected chi connectivity index (χ0v) is 13.4. The topological polar surface area (TPSA) is 102 Å². The van der Waals surface area contributed by atoms with Crippen molar-refractivity contribution < 1.29 is 19.1 Å². The summed E-state index contributed by atoms with van der Waals surface area (Å²) < 4.78 is 5.55. The average Bonchev–Trinajstić information content (AvgIpc) is 2.75. The molecule has 25 heavy (non-hydrogen) atoms. The fourth-order valence-electron chi connectivity index (χ4n) is 2.59. The first-order chi connectivity index (χ1) is 12.0. The minimum Gasteiger partial charge on any atom is -0.491 e. The monoisotopic (exact) mass is 339 g/mol. The molecule has 0 radical (unpaired) electrons. The van der Waals surface area contributed by atoms with Gasteiger partial charge >= 0.3 is 0 Å². The van der Waals surface area contributed by atoms with E-state index in [0.29, 0.717) is 22.7 Å². The van der Waals surface area contributed by atoms with Crippen LogP contribution in [0.4, 0.5) is 11.4 Å². The van der Waals surface area contributed by atoms with Gasteiger partial charge in [-0.25, -0.2) is 0 Å². The second kappa shape index (κ2) is 7.04. The Kier molecular flexibility index (Phi) is 4.65. The number of primary amides is 1. The quantitative estimate of drug-likeness (QED) is 0.882. The Balaban J connectivity index is 1.77. The summed E-state index contributed by atoms with van der Waals surface area (Å²) in [6.45, 7) is 0.120. The highest BCUT2D eigenvalue weighted by Crippen LogP contribution is 2.30. The number of hydrogen-bond acceptors (Lipinski definition) is 4. The molecule has 2 aromatic rings. The van der Waals surface area contributed by atoms with Crippen molar-refractivity contribution in [1.29, 1.82) is 0 Å². The Morgan fingerprint density at radius 3 is 2.76 bits per heavy atom. The highest BCUT2D eigenvalue weighted by molar-refractivity contribution is 6.04. The Morgan fingerprint density at radius 2 is 1.96 bits per heavy atom. The van der Waals surface area contributed by atoms with E-state index in [4.69, 9.17) is 10.5 Å². The van der Waals surface area contributed by atoms with Crippen LogP contribution in [0.15, 0.2) is 48.5 Å². The predicted molar refractivity (Wildman–Crippen MR) is 92.5 cm³/mol. The van der Waals surface area contributed by atoms with Gasteiger partial charge in [-0.1, -0.05) is 18.2 Å². The molecule has 0 spiro atoms. The third-order valence-corrected chi connectivity index (χ3v) is 3.76. The van der Waals surface area contributed by atoms with E-state index in [1.807, 2.05) is 6.07 Å². The van der Waals surface area contributed by atoms with Crippen molar-refractivity contribution in [3.63, 3.8) is 0 Å². The van der Waals surface area contributed by atoms with Crippen LogP contribution in [-0.4, -0.2) is 30.9 Å². The lowest BCUT2D eigenvalue weighted by atomic mass is 10.2. The number of nitrogens with two attached hydrogens (primary N) is 1. The van der Waals surface area contributed by atoms with Gasteiger partial charge in [0.25, 0.3) is 0 Å². The lowest BCUT2D eigenvalue weighted by Gasteiger charge is -2.21. The van der Waals surface area contributed by atoms with Crippen LogP contribution in [0.1, 0.15) is 16.8 Å². The third-order valence-electron chi connectivity index (χ3n) is 3.76. The van der Waals surface area contributed by atoms with E-state index in [0.717, 1.165) is 0 Å². The number of fused-ring (bicyclic) bond motifs is 1. The molecule has 0 saturated carbocycles. The van der Waals surface area contributed by atoms with Gasteiger partial charge in [0.2, 0.25) is 17.7 Å². The zero-order valence-electron chi connectivity index (χ0n) is 13.4. The first kappa shape index (κ1) is 16.5. The maximum Gasteiger partial charge on any atom is 0.248 e. The molecule has 0 saturated heterocycles. The maximum absolute atomic E-state index is 12.4. The molecular formula is C18H17N3O4. The van der Waals surface area contributed by atoms with Crippen LogP contribution >= 0.6 is 0 Å². The van der Waals surface area contributed by atoms with Crippen molar-refractivity contribution in [2.24, 2.45) is 5.73 Å². The summed E-state index contributed by atoms with van der Waals surface area (Å²) in [4.78, 5) is 37.3.